The van der Waals surface area contributed by atoms with E-state index in [9.17, 15) is 8.78 Å². The number of benzene rings is 2. The molecule has 0 bridgehead atoms. The van der Waals surface area contributed by atoms with Gasteiger partial charge < -0.3 is 11.5 Å². The van der Waals surface area contributed by atoms with Gasteiger partial charge >= 0.3 is 0 Å². The van der Waals surface area contributed by atoms with E-state index < -0.39 is 0 Å². The van der Waals surface area contributed by atoms with Gasteiger partial charge in [0.2, 0.25) is 0 Å². The number of hydrogen-bond acceptors (Lipinski definition) is 4. The van der Waals surface area contributed by atoms with Gasteiger partial charge in [0, 0.05) is 28.6 Å². The first-order chi connectivity index (χ1) is 11.5. The van der Waals surface area contributed by atoms with Crippen molar-refractivity contribution in [1.29, 1.82) is 0 Å². The van der Waals surface area contributed by atoms with E-state index in [0.29, 0.717) is 17.0 Å². The fourth-order valence-corrected chi connectivity index (χ4v) is 2.28. The van der Waals surface area contributed by atoms with Gasteiger partial charge in [-0.3, -0.25) is 0 Å². The normalized spacial score (nSPS) is 10.4. The number of hydrogen-bond donors (Lipinski definition) is 2. The molecule has 2 heterocycles. The Balaban J connectivity index is 0.000000141. The molecule has 0 saturated heterocycles. The molecular weight excluding hydrogens is 310 g/mol. The number of aromatic nitrogens is 2. The highest BCUT2D eigenvalue weighted by Gasteiger charge is 1.99. The lowest BCUT2D eigenvalue weighted by atomic mass is 10.2. The first kappa shape index (κ1) is 15.6. The summed E-state index contributed by atoms with van der Waals surface area (Å²) in [5, 5.41) is 2.96. The standard InChI is InChI=1S/2C9H7FN2/c10-8-2-1-6-4-9(11)12-5-7(6)3-8;10-8-3-1-2-6-5-12-9(11)4-7(6)8/h2*1-5H,(H2,11,12). The highest BCUT2D eigenvalue weighted by atomic mass is 19.1. The molecule has 0 aliphatic rings. The van der Waals surface area contributed by atoms with Crippen LogP contribution in [0, 0.1) is 11.6 Å². The molecule has 0 spiro atoms. The van der Waals surface area contributed by atoms with Crippen molar-refractivity contribution in [3.63, 3.8) is 0 Å². The summed E-state index contributed by atoms with van der Waals surface area (Å²) in [6, 6.07) is 12.6. The average Bonchev–Trinajstić information content (AvgIpc) is 2.57. The summed E-state index contributed by atoms with van der Waals surface area (Å²) in [4.78, 5) is 7.72. The van der Waals surface area contributed by atoms with E-state index in [0.717, 1.165) is 16.2 Å². The number of anilines is 2. The summed E-state index contributed by atoms with van der Waals surface area (Å²) < 4.78 is 25.8. The van der Waals surface area contributed by atoms with Gasteiger partial charge in [-0.05, 0) is 35.7 Å². The minimum Gasteiger partial charge on any atom is -0.384 e. The first-order valence-corrected chi connectivity index (χ1v) is 7.13. The van der Waals surface area contributed by atoms with Gasteiger partial charge in [0.05, 0.1) is 0 Å². The predicted octanol–water partition coefficient (Wildman–Crippen LogP) is 3.91. The van der Waals surface area contributed by atoms with Crippen molar-refractivity contribution >= 4 is 33.2 Å². The van der Waals surface area contributed by atoms with Crippen LogP contribution in [0.25, 0.3) is 21.5 Å². The van der Waals surface area contributed by atoms with Crippen molar-refractivity contribution in [2.75, 3.05) is 11.5 Å². The Hall–Kier alpha value is -3.28. The summed E-state index contributed by atoms with van der Waals surface area (Å²) in [5.74, 6) is 0.275. The second-order valence-electron chi connectivity index (χ2n) is 5.17. The van der Waals surface area contributed by atoms with Crippen molar-refractivity contribution in [3.8, 4) is 0 Å². The number of nitrogens with zero attached hydrogens (tertiary/aromatic N) is 2. The Bertz CT molecular complexity index is 969. The van der Waals surface area contributed by atoms with Crippen LogP contribution in [-0.2, 0) is 0 Å². The molecule has 0 atom stereocenters. The third kappa shape index (κ3) is 3.38. The summed E-state index contributed by atoms with van der Waals surface area (Å²) in [6.45, 7) is 0. The lowest BCUT2D eigenvalue weighted by Crippen LogP contribution is -1.89. The van der Waals surface area contributed by atoms with Gasteiger partial charge in [-0.15, -0.1) is 0 Å². The maximum Gasteiger partial charge on any atom is 0.131 e. The van der Waals surface area contributed by atoms with Crippen LogP contribution in [0.1, 0.15) is 0 Å². The minimum absolute atomic E-state index is 0.255. The van der Waals surface area contributed by atoms with Crippen molar-refractivity contribution in [3.05, 3.63) is 72.6 Å². The van der Waals surface area contributed by atoms with Crippen molar-refractivity contribution in [2.45, 2.75) is 0 Å². The van der Waals surface area contributed by atoms with Gasteiger partial charge in [0.1, 0.15) is 23.3 Å². The zero-order chi connectivity index (χ0) is 17.1. The average molecular weight is 324 g/mol. The van der Waals surface area contributed by atoms with E-state index in [1.165, 1.54) is 24.3 Å². The van der Waals surface area contributed by atoms with E-state index in [2.05, 4.69) is 9.97 Å². The number of fused-ring (bicyclic) bond motifs is 2. The second-order valence-corrected chi connectivity index (χ2v) is 5.17. The molecule has 0 saturated carbocycles. The van der Waals surface area contributed by atoms with E-state index in [4.69, 9.17) is 11.5 Å². The van der Waals surface area contributed by atoms with Crippen LogP contribution < -0.4 is 11.5 Å². The van der Waals surface area contributed by atoms with Crippen molar-refractivity contribution in [2.24, 2.45) is 0 Å². The highest BCUT2D eigenvalue weighted by molar-refractivity contribution is 5.84. The zero-order valence-corrected chi connectivity index (χ0v) is 12.6. The quantitative estimate of drug-likeness (QED) is 0.514. The molecule has 2 aromatic carbocycles. The van der Waals surface area contributed by atoms with Gasteiger partial charge in [-0.1, -0.05) is 18.2 Å². The molecular formula is C18H14F2N4. The maximum absolute atomic E-state index is 13.1. The summed E-state index contributed by atoms with van der Waals surface area (Å²) in [6.07, 6.45) is 3.13. The molecule has 0 radical (unpaired) electrons. The second kappa shape index (κ2) is 6.45. The Labute approximate surface area is 136 Å². The molecule has 2 aromatic heterocycles. The third-order valence-electron chi connectivity index (χ3n) is 3.44. The summed E-state index contributed by atoms with van der Waals surface area (Å²) in [7, 11) is 0. The van der Waals surface area contributed by atoms with E-state index in [1.54, 1.807) is 36.7 Å². The Morgan fingerprint density at radius 1 is 0.708 bits per heavy atom. The molecule has 6 heteroatoms. The topological polar surface area (TPSA) is 77.8 Å². The molecule has 4 rings (SSSR count). The van der Waals surface area contributed by atoms with E-state index in [-0.39, 0.29) is 11.6 Å². The lowest BCUT2D eigenvalue weighted by Gasteiger charge is -1.98. The molecule has 0 amide bonds. The number of rotatable bonds is 0. The van der Waals surface area contributed by atoms with Crippen LogP contribution in [0.4, 0.5) is 20.4 Å². The number of nitrogens with two attached hydrogens (primary N) is 2. The SMILES string of the molecule is Nc1cc2c(F)cccc2cn1.Nc1cc2ccc(F)cc2cn1. The third-order valence-corrected chi connectivity index (χ3v) is 3.44. The highest BCUT2D eigenvalue weighted by Crippen LogP contribution is 2.18. The summed E-state index contributed by atoms with van der Waals surface area (Å²) >= 11 is 0. The fourth-order valence-electron chi connectivity index (χ4n) is 2.28. The van der Waals surface area contributed by atoms with Crippen LogP contribution in [0.15, 0.2) is 60.9 Å². The van der Waals surface area contributed by atoms with Crippen molar-refractivity contribution in [1.82, 2.24) is 9.97 Å². The molecule has 4 aromatic rings. The van der Waals surface area contributed by atoms with Crippen molar-refractivity contribution < 1.29 is 8.78 Å². The van der Waals surface area contributed by atoms with Gasteiger partial charge in [0.15, 0.2) is 0 Å². The minimum atomic E-state index is -0.262. The van der Waals surface area contributed by atoms with Crippen LogP contribution in [-0.4, -0.2) is 9.97 Å². The molecule has 120 valence electrons. The monoisotopic (exact) mass is 324 g/mol. The molecule has 0 aliphatic heterocycles. The smallest absolute Gasteiger partial charge is 0.131 e. The van der Waals surface area contributed by atoms with E-state index in [1.807, 2.05) is 0 Å². The predicted molar refractivity (Wildman–Crippen MR) is 92.2 cm³/mol. The van der Waals surface area contributed by atoms with Crippen LogP contribution in [0.2, 0.25) is 0 Å². The summed E-state index contributed by atoms with van der Waals surface area (Å²) in [5.41, 5.74) is 10.9. The molecule has 0 aliphatic carbocycles. The zero-order valence-electron chi connectivity index (χ0n) is 12.6. The Morgan fingerprint density at radius 2 is 1.42 bits per heavy atom. The largest absolute Gasteiger partial charge is 0.384 e. The molecule has 4 nitrogen and oxygen atoms in total. The van der Waals surface area contributed by atoms with E-state index >= 15 is 0 Å². The van der Waals surface area contributed by atoms with Gasteiger partial charge in [-0.2, -0.15) is 0 Å². The first-order valence-electron chi connectivity index (χ1n) is 7.13. The maximum atomic E-state index is 13.1. The number of halogens is 2. The number of pyridine rings is 2. The van der Waals surface area contributed by atoms with Crippen LogP contribution in [0.3, 0.4) is 0 Å². The van der Waals surface area contributed by atoms with Crippen LogP contribution in [0.5, 0.6) is 0 Å². The Morgan fingerprint density at radius 3 is 2.21 bits per heavy atom. The molecule has 0 unspecified atom stereocenters. The fraction of sp³-hybridized carbons (Fsp3) is 0. The number of nitrogen functional groups attached to an aromatic ring is 2. The van der Waals surface area contributed by atoms with Gasteiger partial charge in [0.25, 0.3) is 0 Å². The lowest BCUT2D eigenvalue weighted by molar-refractivity contribution is 0.629. The Kier molecular flexibility index (Phi) is 4.20. The van der Waals surface area contributed by atoms with Crippen LogP contribution >= 0.6 is 0 Å². The van der Waals surface area contributed by atoms with Gasteiger partial charge in [-0.25, -0.2) is 18.7 Å². The molecule has 0 fully saturated rings. The molecule has 4 N–H and O–H groups in total. The molecule has 24 heavy (non-hydrogen) atoms.